The summed E-state index contributed by atoms with van der Waals surface area (Å²) in [5, 5.41) is 9.37. The third kappa shape index (κ3) is 4.31. The number of carboxylic acid groups (broad SMARTS) is 1. The molecule has 1 saturated heterocycles. The van der Waals surface area contributed by atoms with Crippen LogP contribution in [0.25, 0.3) is 11.3 Å². The van der Waals surface area contributed by atoms with E-state index < -0.39 is 5.97 Å². The second kappa shape index (κ2) is 8.40. The van der Waals surface area contributed by atoms with Crippen LogP contribution in [-0.4, -0.2) is 34.0 Å². The zero-order valence-electron chi connectivity index (χ0n) is 15.8. The molecule has 0 radical (unpaired) electrons. The van der Waals surface area contributed by atoms with Crippen LogP contribution in [0.15, 0.2) is 65.3 Å². The molecule has 28 heavy (non-hydrogen) atoms. The van der Waals surface area contributed by atoms with Crippen molar-refractivity contribution >= 4 is 5.97 Å². The van der Waals surface area contributed by atoms with Crippen molar-refractivity contribution in [3.63, 3.8) is 0 Å². The fraction of sp³-hybridized carbons (Fsp3) is 0.304. The minimum atomic E-state index is -0.941. The van der Waals surface area contributed by atoms with Crippen molar-refractivity contribution in [2.24, 2.45) is 5.92 Å². The van der Waals surface area contributed by atoms with E-state index in [1.54, 1.807) is 18.2 Å². The summed E-state index contributed by atoms with van der Waals surface area (Å²) in [6, 6.07) is 14.9. The smallest absolute Gasteiger partial charge is 0.336 e. The normalized spacial score (nSPS) is 15.6. The third-order valence-corrected chi connectivity index (χ3v) is 5.42. The van der Waals surface area contributed by atoms with E-state index >= 15 is 0 Å². The first-order valence-electron chi connectivity index (χ1n) is 9.71. The van der Waals surface area contributed by atoms with Crippen molar-refractivity contribution < 1.29 is 14.3 Å². The Balaban J connectivity index is 1.35. The predicted octanol–water partition coefficient (Wildman–Crippen LogP) is 4.49. The number of aromatic carboxylic acids is 1. The Hall–Kier alpha value is -2.92. The zero-order valence-corrected chi connectivity index (χ0v) is 15.8. The van der Waals surface area contributed by atoms with Crippen LogP contribution in [0.4, 0.5) is 0 Å². The summed E-state index contributed by atoms with van der Waals surface area (Å²) in [5.41, 5.74) is 2.20. The van der Waals surface area contributed by atoms with E-state index in [1.807, 2.05) is 36.7 Å². The lowest BCUT2D eigenvalue weighted by Crippen LogP contribution is -2.33. The summed E-state index contributed by atoms with van der Waals surface area (Å²) in [6.07, 6.45) is 7.22. The average molecular weight is 376 g/mol. The number of carbonyl (C=O) groups is 1. The van der Waals surface area contributed by atoms with Gasteiger partial charge in [0.2, 0.25) is 0 Å². The predicted molar refractivity (Wildman–Crippen MR) is 107 cm³/mol. The van der Waals surface area contributed by atoms with Crippen molar-refractivity contribution in [3.05, 3.63) is 77.8 Å². The van der Waals surface area contributed by atoms with Crippen LogP contribution < -0.4 is 0 Å². The van der Waals surface area contributed by atoms with Gasteiger partial charge in [-0.3, -0.25) is 9.88 Å². The Morgan fingerprint density at radius 1 is 1.11 bits per heavy atom. The van der Waals surface area contributed by atoms with E-state index in [0.29, 0.717) is 17.2 Å². The van der Waals surface area contributed by atoms with Gasteiger partial charge >= 0.3 is 5.97 Å². The molecular weight excluding hydrogens is 352 g/mol. The number of likely N-dealkylation sites (tertiary alicyclic amines) is 1. The van der Waals surface area contributed by atoms with Gasteiger partial charge in [-0.05, 0) is 68.1 Å². The van der Waals surface area contributed by atoms with Gasteiger partial charge in [0.05, 0.1) is 12.1 Å². The van der Waals surface area contributed by atoms with E-state index in [1.165, 1.54) is 18.4 Å². The molecule has 0 unspecified atom stereocenters. The highest BCUT2D eigenvalue weighted by Gasteiger charge is 2.21. The quantitative estimate of drug-likeness (QED) is 0.686. The Morgan fingerprint density at radius 2 is 1.93 bits per heavy atom. The van der Waals surface area contributed by atoms with Gasteiger partial charge in [-0.1, -0.05) is 24.3 Å². The molecule has 5 heteroatoms. The van der Waals surface area contributed by atoms with E-state index in [0.717, 1.165) is 31.8 Å². The lowest BCUT2D eigenvalue weighted by molar-refractivity contribution is 0.0697. The fourth-order valence-electron chi connectivity index (χ4n) is 3.91. The molecule has 2 aromatic heterocycles. The van der Waals surface area contributed by atoms with Crippen LogP contribution in [0.3, 0.4) is 0 Å². The minimum Gasteiger partial charge on any atom is -0.478 e. The zero-order chi connectivity index (χ0) is 19.3. The van der Waals surface area contributed by atoms with Gasteiger partial charge in [-0.15, -0.1) is 0 Å². The number of carboxylic acids is 1. The Bertz CT molecular complexity index is 928. The standard InChI is InChI=1S/C23H24N2O3/c26-23(27)21-6-2-1-5-20(21)22-8-7-19(28-22)16-25-12-9-17(10-13-25)14-18-4-3-11-24-15-18/h1-8,11,15,17H,9-10,12-14,16H2,(H,26,27). The van der Waals surface area contributed by atoms with Crippen LogP contribution >= 0.6 is 0 Å². The van der Waals surface area contributed by atoms with E-state index in [9.17, 15) is 9.90 Å². The van der Waals surface area contributed by atoms with Crippen molar-refractivity contribution in [1.82, 2.24) is 9.88 Å². The number of aromatic nitrogens is 1. The van der Waals surface area contributed by atoms with Gasteiger partial charge in [-0.25, -0.2) is 4.79 Å². The molecule has 1 aliphatic heterocycles. The molecular formula is C23H24N2O3. The molecule has 0 saturated carbocycles. The van der Waals surface area contributed by atoms with E-state index in [2.05, 4.69) is 16.0 Å². The van der Waals surface area contributed by atoms with Crippen molar-refractivity contribution in [2.75, 3.05) is 13.1 Å². The van der Waals surface area contributed by atoms with Gasteiger partial charge in [-0.2, -0.15) is 0 Å². The third-order valence-electron chi connectivity index (χ3n) is 5.42. The second-order valence-corrected chi connectivity index (χ2v) is 7.40. The minimum absolute atomic E-state index is 0.264. The summed E-state index contributed by atoms with van der Waals surface area (Å²) in [5.74, 6) is 1.25. The lowest BCUT2D eigenvalue weighted by Gasteiger charge is -2.31. The monoisotopic (exact) mass is 376 g/mol. The average Bonchev–Trinajstić information content (AvgIpc) is 3.18. The summed E-state index contributed by atoms with van der Waals surface area (Å²) in [6.45, 7) is 2.86. The van der Waals surface area contributed by atoms with Gasteiger partial charge in [0.15, 0.2) is 0 Å². The molecule has 0 bridgehead atoms. The molecule has 1 fully saturated rings. The molecule has 4 rings (SSSR count). The van der Waals surface area contributed by atoms with Crippen LogP contribution in [0, 0.1) is 5.92 Å². The van der Waals surface area contributed by atoms with Gasteiger partial charge in [0.25, 0.3) is 0 Å². The number of benzene rings is 1. The Kier molecular flexibility index (Phi) is 5.53. The first-order chi connectivity index (χ1) is 13.7. The molecule has 144 valence electrons. The first kappa shape index (κ1) is 18.4. The summed E-state index contributed by atoms with van der Waals surface area (Å²) in [7, 11) is 0. The highest BCUT2D eigenvalue weighted by Crippen LogP contribution is 2.28. The van der Waals surface area contributed by atoms with E-state index in [-0.39, 0.29) is 5.56 Å². The molecule has 0 spiro atoms. The molecule has 0 aliphatic carbocycles. The molecule has 3 heterocycles. The number of hydrogen-bond donors (Lipinski definition) is 1. The SMILES string of the molecule is O=C(O)c1ccccc1-c1ccc(CN2CCC(Cc3cccnc3)CC2)o1. The van der Waals surface area contributed by atoms with Crippen LogP contribution in [0.2, 0.25) is 0 Å². The molecule has 1 N–H and O–H groups in total. The van der Waals surface area contributed by atoms with Gasteiger partial charge in [0, 0.05) is 18.0 Å². The van der Waals surface area contributed by atoms with Gasteiger partial charge < -0.3 is 9.52 Å². The number of rotatable bonds is 6. The van der Waals surface area contributed by atoms with Crippen LogP contribution in [0.5, 0.6) is 0 Å². The molecule has 0 atom stereocenters. The molecule has 5 nitrogen and oxygen atoms in total. The molecule has 0 amide bonds. The Morgan fingerprint density at radius 3 is 2.68 bits per heavy atom. The van der Waals surface area contributed by atoms with E-state index in [4.69, 9.17) is 4.42 Å². The molecule has 1 aliphatic rings. The summed E-state index contributed by atoms with van der Waals surface area (Å²) in [4.78, 5) is 18.0. The van der Waals surface area contributed by atoms with Crippen LogP contribution in [-0.2, 0) is 13.0 Å². The molecule has 1 aromatic carbocycles. The summed E-state index contributed by atoms with van der Waals surface area (Å²) < 4.78 is 5.97. The summed E-state index contributed by atoms with van der Waals surface area (Å²) >= 11 is 0. The van der Waals surface area contributed by atoms with Crippen molar-refractivity contribution in [3.8, 4) is 11.3 Å². The number of hydrogen-bond acceptors (Lipinski definition) is 4. The first-order valence-corrected chi connectivity index (χ1v) is 9.71. The van der Waals surface area contributed by atoms with Crippen molar-refractivity contribution in [2.45, 2.75) is 25.8 Å². The number of pyridine rings is 1. The largest absolute Gasteiger partial charge is 0.478 e. The fourth-order valence-corrected chi connectivity index (χ4v) is 3.91. The number of furan rings is 1. The highest BCUT2D eigenvalue weighted by atomic mass is 16.4. The topological polar surface area (TPSA) is 66.6 Å². The number of piperidine rings is 1. The van der Waals surface area contributed by atoms with Crippen molar-refractivity contribution in [1.29, 1.82) is 0 Å². The van der Waals surface area contributed by atoms with Gasteiger partial charge in [0.1, 0.15) is 11.5 Å². The Labute approximate surface area is 164 Å². The lowest BCUT2D eigenvalue weighted by atomic mass is 9.91. The van der Waals surface area contributed by atoms with Crippen LogP contribution in [0.1, 0.15) is 34.5 Å². The maximum absolute atomic E-state index is 11.4. The second-order valence-electron chi connectivity index (χ2n) is 7.40. The maximum Gasteiger partial charge on any atom is 0.336 e. The molecule has 3 aromatic rings. The highest BCUT2D eigenvalue weighted by molar-refractivity contribution is 5.95. The maximum atomic E-state index is 11.4. The number of nitrogens with zero attached hydrogens (tertiary/aromatic N) is 2.